The van der Waals surface area contributed by atoms with E-state index in [1.165, 1.54) is 6.92 Å². The van der Waals surface area contributed by atoms with Gasteiger partial charge in [0.2, 0.25) is 0 Å². The number of carbonyl (C=O) groups is 3. The molecule has 0 aromatic carbocycles. The van der Waals surface area contributed by atoms with Crippen LogP contribution >= 0.6 is 0 Å². The van der Waals surface area contributed by atoms with Crippen molar-refractivity contribution in [2.45, 2.75) is 46.5 Å². The number of unbranched alkanes of at least 4 members (excludes halogenated alkanes) is 2. The molecule has 0 N–H and O–H groups in total. The maximum atomic E-state index is 11.3. The molecule has 0 aromatic heterocycles. The number of hydrogen-bond donors (Lipinski definition) is 0. The van der Waals surface area contributed by atoms with Crippen LogP contribution in [0.3, 0.4) is 0 Å². The molecule has 0 aliphatic heterocycles. The highest BCUT2D eigenvalue weighted by molar-refractivity contribution is 5.94. The van der Waals surface area contributed by atoms with Gasteiger partial charge in [0.25, 0.3) is 0 Å². The molecule has 96 valence electrons. The molecule has 0 saturated heterocycles. The minimum Gasteiger partial charge on any atom is -0.299 e. The normalized spacial score (nSPS) is 10.9. The van der Waals surface area contributed by atoms with Crippen molar-refractivity contribution in [2.75, 3.05) is 0 Å². The van der Waals surface area contributed by atoms with Crippen LogP contribution in [0.5, 0.6) is 0 Å². The van der Waals surface area contributed by atoms with E-state index >= 15 is 0 Å². The Morgan fingerprint density at radius 1 is 1.12 bits per heavy atom. The summed E-state index contributed by atoms with van der Waals surface area (Å²) in [5.41, 5.74) is 0.383. The van der Waals surface area contributed by atoms with Gasteiger partial charge in [-0.1, -0.05) is 25.8 Å². The summed E-state index contributed by atoms with van der Waals surface area (Å²) in [6, 6.07) is 0. The molecule has 0 heterocycles. The summed E-state index contributed by atoms with van der Waals surface area (Å²) >= 11 is 0. The minimum atomic E-state index is -0.868. The lowest BCUT2D eigenvalue weighted by atomic mass is 10.2. The number of hydrogen-bond acceptors (Lipinski definition) is 5. The van der Waals surface area contributed by atoms with Gasteiger partial charge in [-0.25, -0.2) is 19.4 Å². The van der Waals surface area contributed by atoms with E-state index in [-0.39, 0.29) is 5.78 Å². The Hall–Kier alpha value is -1.65. The van der Waals surface area contributed by atoms with Crippen molar-refractivity contribution in [1.82, 2.24) is 0 Å². The maximum absolute atomic E-state index is 11.3. The fourth-order valence-electron chi connectivity index (χ4n) is 0.989. The van der Waals surface area contributed by atoms with Crippen LogP contribution in [0, 0.1) is 0 Å². The highest BCUT2D eigenvalue weighted by Gasteiger charge is 2.12. The number of carbonyl (C=O) groups excluding carboxylic acids is 3. The van der Waals surface area contributed by atoms with Crippen molar-refractivity contribution in [3.63, 3.8) is 0 Å². The molecule has 0 bridgehead atoms. The Kier molecular flexibility index (Phi) is 7.67. The summed E-state index contributed by atoms with van der Waals surface area (Å²) in [5, 5.41) is 0. The molecule has 0 rings (SSSR count). The maximum Gasteiger partial charge on any atom is 0.381 e. The first-order valence-electron chi connectivity index (χ1n) is 5.55. The summed E-state index contributed by atoms with van der Waals surface area (Å²) < 4.78 is 0. The van der Waals surface area contributed by atoms with E-state index in [1.807, 2.05) is 6.92 Å². The first kappa shape index (κ1) is 15.3. The second kappa shape index (κ2) is 8.50. The highest BCUT2D eigenvalue weighted by Crippen LogP contribution is 2.03. The molecule has 0 radical (unpaired) electrons. The molecule has 17 heavy (non-hydrogen) atoms. The summed E-state index contributed by atoms with van der Waals surface area (Å²) in [4.78, 5) is 41.2. The fraction of sp³-hybridized carbons (Fsp3) is 0.583. The number of allylic oxidation sites excluding steroid dienone is 1. The van der Waals surface area contributed by atoms with Crippen LogP contribution in [0.4, 0.5) is 0 Å². The third-order valence-corrected chi connectivity index (χ3v) is 1.93. The monoisotopic (exact) mass is 242 g/mol. The van der Waals surface area contributed by atoms with Crippen LogP contribution < -0.4 is 0 Å². The van der Waals surface area contributed by atoms with E-state index in [0.717, 1.165) is 19.3 Å². The molecule has 5 nitrogen and oxygen atoms in total. The van der Waals surface area contributed by atoms with E-state index in [0.29, 0.717) is 5.57 Å². The quantitative estimate of drug-likeness (QED) is 0.234. The zero-order valence-corrected chi connectivity index (χ0v) is 10.4. The van der Waals surface area contributed by atoms with Crippen molar-refractivity contribution in [1.29, 1.82) is 0 Å². The van der Waals surface area contributed by atoms with Gasteiger partial charge in [0.05, 0.1) is 0 Å². The van der Waals surface area contributed by atoms with Crippen molar-refractivity contribution in [3.05, 3.63) is 11.6 Å². The van der Waals surface area contributed by atoms with Gasteiger partial charge < -0.3 is 0 Å². The Morgan fingerprint density at radius 2 is 1.76 bits per heavy atom. The molecular formula is C12H18O5. The average Bonchev–Trinajstić information content (AvgIpc) is 2.25. The summed E-state index contributed by atoms with van der Waals surface area (Å²) in [6.07, 6.45) is 4.12. The predicted molar refractivity (Wildman–Crippen MR) is 60.8 cm³/mol. The van der Waals surface area contributed by atoms with Crippen LogP contribution in [-0.2, 0) is 24.2 Å². The van der Waals surface area contributed by atoms with Gasteiger partial charge in [-0.05, 0) is 20.3 Å². The van der Waals surface area contributed by atoms with Crippen molar-refractivity contribution >= 4 is 17.7 Å². The topological polar surface area (TPSA) is 69.7 Å². The van der Waals surface area contributed by atoms with E-state index in [4.69, 9.17) is 0 Å². The number of ketones is 1. The average molecular weight is 242 g/mol. The lowest BCUT2D eigenvalue weighted by Crippen LogP contribution is -2.14. The lowest BCUT2D eigenvalue weighted by molar-refractivity contribution is -0.255. The lowest BCUT2D eigenvalue weighted by Gasteiger charge is -2.02. The molecule has 0 spiro atoms. The van der Waals surface area contributed by atoms with E-state index < -0.39 is 18.4 Å². The molecule has 0 atom stereocenters. The predicted octanol–water partition coefficient (Wildman–Crippen LogP) is 2.10. The summed E-state index contributed by atoms with van der Waals surface area (Å²) in [7, 11) is 0. The summed E-state index contributed by atoms with van der Waals surface area (Å²) in [5.74, 6) is -1.92. The Balaban J connectivity index is 3.96. The summed E-state index contributed by atoms with van der Waals surface area (Å²) in [6.45, 7) is 4.88. The Bertz CT molecular complexity index is 317. The van der Waals surface area contributed by atoms with Gasteiger partial charge in [-0.2, -0.15) is 0 Å². The van der Waals surface area contributed by atoms with Crippen LogP contribution in [0.25, 0.3) is 0 Å². The SMILES string of the molecule is CCCCC=C(C)C(=O)OOC(=O)CC(C)=O. The van der Waals surface area contributed by atoms with E-state index in [1.54, 1.807) is 13.0 Å². The third-order valence-electron chi connectivity index (χ3n) is 1.93. The first-order chi connectivity index (χ1) is 7.97. The van der Waals surface area contributed by atoms with Gasteiger partial charge in [-0.15, -0.1) is 0 Å². The second-order valence-electron chi connectivity index (χ2n) is 3.73. The fourth-order valence-corrected chi connectivity index (χ4v) is 0.989. The van der Waals surface area contributed by atoms with Crippen molar-refractivity contribution in [3.8, 4) is 0 Å². The highest BCUT2D eigenvalue weighted by atomic mass is 17.2. The number of rotatable bonds is 6. The van der Waals surface area contributed by atoms with E-state index in [2.05, 4.69) is 9.78 Å². The molecular weight excluding hydrogens is 224 g/mol. The molecule has 0 fully saturated rings. The van der Waals surface area contributed by atoms with Gasteiger partial charge >= 0.3 is 11.9 Å². The van der Waals surface area contributed by atoms with Crippen LogP contribution in [-0.4, -0.2) is 17.7 Å². The standard InChI is InChI=1S/C12H18O5/c1-4-5-6-7-9(2)12(15)17-16-11(14)8-10(3)13/h7H,4-6,8H2,1-3H3. The molecule has 0 saturated carbocycles. The molecule has 0 aliphatic rings. The first-order valence-corrected chi connectivity index (χ1v) is 5.55. The molecule has 5 heteroatoms. The Labute approximate surface area is 101 Å². The molecule has 0 aromatic rings. The van der Waals surface area contributed by atoms with Crippen LogP contribution in [0.2, 0.25) is 0 Å². The van der Waals surface area contributed by atoms with Gasteiger partial charge in [0, 0.05) is 5.57 Å². The largest absolute Gasteiger partial charge is 0.381 e. The smallest absolute Gasteiger partial charge is 0.299 e. The van der Waals surface area contributed by atoms with Gasteiger partial charge in [0.1, 0.15) is 12.2 Å². The van der Waals surface area contributed by atoms with Crippen LogP contribution in [0.15, 0.2) is 11.6 Å². The third kappa shape index (κ3) is 8.19. The van der Waals surface area contributed by atoms with Gasteiger partial charge in [-0.3, -0.25) is 4.79 Å². The number of Topliss-reactive ketones (excluding diaryl/α,β-unsaturated/α-hetero) is 1. The zero-order valence-electron chi connectivity index (χ0n) is 10.4. The minimum absolute atomic E-state index is 0.346. The Morgan fingerprint density at radius 3 is 2.29 bits per heavy atom. The zero-order chi connectivity index (χ0) is 13.3. The van der Waals surface area contributed by atoms with Crippen LogP contribution in [0.1, 0.15) is 46.5 Å². The second-order valence-corrected chi connectivity index (χ2v) is 3.73. The molecule has 0 amide bonds. The van der Waals surface area contributed by atoms with Gasteiger partial charge in [0.15, 0.2) is 0 Å². The molecule has 0 aliphatic carbocycles. The van der Waals surface area contributed by atoms with E-state index in [9.17, 15) is 14.4 Å². The van der Waals surface area contributed by atoms with Crippen molar-refractivity contribution in [2.24, 2.45) is 0 Å². The molecule has 0 unspecified atom stereocenters. The van der Waals surface area contributed by atoms with Crippen molar-refractivity contribution < 1.29 is 24.2 Å².